The lowest BCUT2D eigenvalue weighted by Crippen LogP contribution is -2.37. The maximum Gasteiger partial charge on any atom is 0.339 e. The molecule has 3 heterocycles. The second kappa shape index (κ2) is 7.83. The number of benzene rings is 1. The number of aliphatic hydroxyl groups excluding tert-OH is 1. The summed E-state index contributed by atoms with van der Waals surface area (Å²) in [6, 6.07) is 2.02. The third kappa shape index (κ3) is 3.28. The van der Waals surface area contributed by atoms with Gasteiger partial charge < -0.3 is 18.8 Å². The van der Waals surface area contributed by atoms with Gasteiger partial charge in [-0.3, -0.25) is 4.79 Å². The summed E-state index contributed by atoms with van der Waals surface area (Å²) >= 11 is 0. The zero-order valence-corrected chi connectivity index (χ0v) is 18.3. The lowest BCUT2D eigenvalue weighted by Gasteiger charge is -2.23. The van der Waals surface area contributed by atoms with Crippen LogP contribution in [0.15, 0.2) is 19.7 Å². The molecule has 2 aromatic heterocycles. The molecule has 1 unspecified atom stereocenters. The summed E-state index contributed by atoms with van der Waals surface area (Å²) in [6.07, 6.45) is 6.63. The molecule has 31 heavy (non-hydrogen) atoms. The first-order valence-corrected chi connectivity index (χ1v) is 11.4. The highest BCUT2D eigenvalue weighted by atomic mass is 16.4. The number of aliphatic hydroxyl groups is 1. The SMILES string of the molecule is Cc1c(CCC(=O)N2CCCC2CO)c(=O)oc2c(C)c3oc4c(c3cc12)CCCC4. The number of nitrogens with zero attached hydrogens (tertiary/aromatic N) is 1. The van der Waals surface area contributed by atoms with Gasteiger partial charge in [0.2, 0.25) is 5.91 Å². The number of hydrogen-bond acceptors (Lipinski definition) is 5. The Hall–Kier alpha value is -2.60. The van der Waals surface area contributed by atoms with E-state index in [0.29, 0.717) is 24.1 Å². The summed E-state index contributed by atoms with van der Waals surface area (Å²) in [4.78, 5) is 27.3. The average Bonchev–Trinajstić information content (AvgIpc) is 3.39. The second-order valence-electron chi connectivity index (χ2n) is 9.02. The van der Waals surface area contributed by atoms with Gasteiger partial charge in [0.1, 0.15) is 16.9 Å². The summed E-state index contributed by atoms with van der Waals surface area (Å²) in [5.41, 5.74) is 4.64. The summed E-state index contributed by atoms with van der Waals surface area (Å²) in [5.74, 6) is 1.06. The molecule has 2 aliphatic rings. The molecule has 1 saturated heterocycles. The Labute approximate surface area is 180 Å². The van der Waals surface area contributed by atoms with Crippen molar-refractivity contribution in [1.29, 1.82) is 0 Å². The summed E-state index contributed by atoms with van der Waals surface area (Å²) in [5, 5.41) is 11.5. The van der Waals surface area contributed by atoms with Gasteiger partial charge >= 0.3 is 5.63 Å². The van der Waals surface area contributed by atoms with Crippen LogP contribution < -0.4 is 5.63 Å². The number of carbonyl (C=O) groups is 1. The Morgan fingerprint density at radius 1 is 1.10 bits per heavy atom. The predicted molar refractivity (Wildman–Crippen MR) is 119 cm³/mol. The fraction of sp³-hybridized carbons (Fsp3) is 0.520. The molecule has 0 spiro atoms. The highest BCUT2D eigenvalue weighted by Crippen LogP contribution is 2.38. The molecule has 0 saturated carbocycles. The van der Waals surface area contributed by atoms with Crippen LogP contribution in [0.4, 0.5) is 0 Å². The molecule has 1 aliphatic heterocycles. The van der Waals surface area contributed by atoms with E-state index in [1.54, 1.807) is 4.90 Å². The van der Waals surface area contributed by atoms with Crippen LogP contribution in [-0.4, -0.2) is 35.1 Å². The number of aryl methyl sites for hydroxylation is 4. The fourth-order valence-electron chi connectivity index (χ4n) is 5.44. The summed E-state index contributed by atoms with van der Waals surface area (Å²) in [6.45, 7) is 4.57. The van der Waals surface area contributed by atoms with E-state index in [1.165, 1.54) is 12.0 Å². The van der Waals surface area contributed by atoms with E-state index >= 15 is 0 Å². The van der Waals surface area contributed by atoms with Crippen LogP contribution in [-0.2, 0) is 24.1 Å². The summed E-state index contributed by atoms with van der Waals surface area (Å²) in [7, 11) is 0. The van der Waals surface area contributed by atoms with E-state index in [9.17, 15) is 14.7 Å². The highest BCUT2D eigenvalue weighted by Gasteiger charge is 2.28. The van der Waals surface area contributed by atoms with E-state index in [0.717, 1.165) is 65.3 Å². The quantitative estimate of drug-likeness (QED) is 0.643. The van der Waals surface area contributed by atoms with Gasteiger partial charge in [-0.15, -0.1) is 0 Å². The molecule has 1 N–H and O–H groups in total. The lowest BCUT2D eigenvalue weighted by molar-refractivity contribution is -0.132. The molecule has 6 heteroatoms. The second-order valence-corrected chi connectivity index (χ2v) is 9.02. The van der Waals surface area contributed by atoms with Crippen LogP contribution in [0.2, 0.25) is 0 Å². The number of rotatable bonds is 4. The predicted octanol–water partition coefficient (Wildman–Crippen LogP) is 3.95. The van der Waals surface area contributed by atoms with Crippen molar-refractivity contribution >= 4 is 27.8 Å². The lowest BCUT2D eigenvalue weighted by atomic mass is 9.93. The van der Waals surface area contributed by atoms with Crippen LogP contribution in [0.5, 0.6) is 0 Å². The Balaban J connectivity index is 1.53. The van der Waals surface area contributed by atoms with Crippen molar-refractivity contribution in [2.24, 2.45) is 0 Å². The van der Waals surface area contributed by atoms with E-state index < -0.39 is 0 Å². The number of carbonyl (C=O) groups excluding carboxylic acids is 1. The van der Waals surface area contributed by atoms with E-state index in [-0.39, 0.29) is 30.6 Å². The minimum absolute atomic E-state index is 0.00677. The van der Waals surface area contributed by atoms with Gasteiger partial charge in [0.15, 0.2) is 0 Å². The molecule has 1 fully saturated rings. The number of likely N-dealkylation sites (tertiary alicyclic amines) is 1. The first-order valence-electron chi connectivity index (χ1n) is 11.4. The molecule has 1 aliphatic carbocycles. The highest BCUT2D eigenvalue weighted by molar-refractivity contribution is 6.00. The third-order valence-electron chi connectivity index (χ3n) is 7.22. The molecular formula is C25H29NO5. The zero-order valence-electron chi connectivity index (χ0n) is 18.3. The van der Waals surface area contributed by atoms with Crippen molar-refractivity contribution in [2.45, 2.75) is 71.3 Å². The molecule has 1 atom stereocenters. The maximum absolute atomic E-state index is 12.8. The van der Waals surface area contributed by atoms with Gasteiger partial charge in [0, 0.05) is 46.8 Å². The zero-order chi connectivity index (χ0) is 21.7. The third-order valence-corrected chi connectivity index (χ3v) is 7.22. The average molecular weight is 424 g/mol. The van der Waals surface area contributed by atoms with Gasteiger partial charge in [-0.25, -0.2) is 4.79 Å². The van der Waals surface area contributed by atoms with Crippen molar-refractivity contribution in [3.63, 3.8) is 0 Å². The number of furan rings is 1. The first-order chi connectivity index (χ1) is 15.0. The normalized spacial score (nSPS) is 18.8. The Bertz CT molecular complexity index is 1230. The Morgan fingerprint density at radius 2 is 1.87 bits per heavy atom. The van der Waals surface area contributed by atoms with Crippen molar-refractivity contribution in [1.82, 2.24) is 4.90 Å². The topological polar surface area (TPSA) is 83.9 Å². The number of amides is 1. The van der Waals surface area contributed by atoms with Gasteiger partial charge in [0.25, 0.3) is 0 Å². The van der Waals surface area contributed by atoms with E-state index in [4.69, 9.17) is 8.83 Å². The number of fused-ring (bicyclic) bond motifs is 4. The van der Waals surface area contributed by atoms with E-state index in [1.807, 2.05) is 13.8 Å². The van der Waals surface area contributed by atoms with Crippen molar-refractivity contribution in [2.75, 3.05) is 13.2 Å². The van der Waals surface area contributed by atoms with Gasteiger partial charge in [0.05, 0.1) is 12.6 Å². The minimum atomic E-state index is -0.378. The Morgan fingerprint density at radius 3 is 2.68 bits per heavy atom. The van der Waals surface area contributed by atoms with Crippen molar-refractivity contribution < 1.29 is 18.7 Å². The molecule has 5 rings (SSSR count). The minimum Gasteiger partial charge on any atom is -0.460 e. The van der Waals surface area contributed by atoms with Crippen LogP contribution in [0.1, 0.15) is 60.1 Å². The fourth-order valence-corrected chi connectivity index (χ4v) is 5.44. The molecule has 3 aromatic rings. The molecule has 1 aromatic carbocycles. The van der Waals surface area contributed by atoms with Gasteiger partial charge in [-0.05, 0) is 64.0 Å². The van der Waals surface area contributed by atoms with Crippen LogP contribution in [0.3, 0.4) is 0 Å². The largest absolute Gasteiger partial charge is 0.460 e. The Kier molecular flexibility index (Phi) is 5.13. The van der Waals surface area contributed by atoms with E-state index in [2.05, 4.69) is 6.07 Å². The maximum atomic E-state index is 12.8. The molecule has 6 nitrogen and oxygen atoms in total. The van der Waals surface area contributed by atoms with Crippen molar-refractivity contribution in [3.8, 4) is 0 Å². The summed E-state index contributed by atoms with van der Waals surface area (Å²) < 4.78 is 11.9. The van der Waals surface area contributed by atoms with Gasteiger partial charge in [-0.2, -0.15) is 0 Å². The standard InChI is InChI=1S/C25H29NO5/c1-14-17(9-10-22(28)26-11-5-6-16(26)13-27)25(29)31-23-15(2)24-20(12-19(14)23)18-7-3-4-8-21(18)30-24/h12,16,27H,3-11,13H2,1-2H3. The number of hydrogen-bond donors (Lipinski definition) is 1. The van der Waals surface area contributed by atoms with Crippen LogP contribution >= 0.6 is 0 Å². The molecular weight excluding hydrogens is 394 g/mol. The smallest absolute Gasteiger partial charge is 0.339 e. The molecule has 164 valence electrons. The molecule has 1 amide bonds. The van der Waals surface area contributed by atoms with Gasteiger partial charge in [-0.1, -0.05) is 0 Å². The van der Waals surface area contributed by atoms with Crippen LogP contribution in [0, 0.1) is 13.8 Å². The molecule has 0 bridgehead atoms. The first kappa shape index (κ1) is 20.3. The van der Waals surface area contributed by atoms with Crippen LogP contribution in [0.25, 0.3) is 21.9 Å². The van der Waals surface area contributed by atoms with Crippen molar-refractivity contribution in [3.05, 3.63) is 44.5 Å². The molecule has 0 radical (unpaired) electrons. The monoisotopic (exact) mass is 423 g/mol.